The van der Waals surface area contributed by atoms with Crippen molar-refractivity contribution >= 4 is 8.24 Å². The summed E-state index contributed by atoms with van der Waals surface area (Å²) in [5.41, 5.74) is 0. The van der Waals surface area contributed by atoms with Gasteiger partial charge in [0.05, 0.1) is 0 Å². The van der Waals surface area contributed by atoms with Crippen molar-refractivity contribution in [1.29, 1.82) is 0 Å². The Morgan fingerprint density at radius 1 is 1.33 bits per heavy atom. The average Bonchev–Trinajstić information content (AvgIpc) is 1.35. The first kappa shape index (κ1) is 6.14. The lowest BCUT2D eigenvalue weighted by Gasteiger charge is -2.09. The molecule has 0 saturated heterocycles. The van der Waals surface area contributed by atoms with Crippen LogP contribution in [-0.2, 0) is 0 Å². The zero-order chi connectivity index (χ0) is 5.21. The fraction of sp³-hybridized carbons (Fsp3) is 1.00. The van der Waals surface area contributed by atoms with E-state index in [4.69, 9.17) is 5.21 Å². The Morgan fingerprint density at radius 2 is 1.50 bits per heavy atom. The van der Waals surface area contributed by atoms with Gasteiger partial charge in [0.25, 0.3) is 0 Å². The van der Waals surface area contributed by atoms with E-state index in [-0.39, 0.29) is 0 Å². The quantitative estimate of drug-likeness (QED) is 0.382. The van der Waals surface area contributed by atoms with E-state index in [0.717, 1.165) is 0 Å². The molecular weight excluding hydrogens is 94.1 g/mol. The van der Waals surface area contributed by atoms with Gasteiger partial charge in [-0.15, -0.1) is 0 Å². The molecule has 0 spiro atoms. The first-order valence-electron chi connectivity index (χ1n) is 1.97. The van der Waals surface area contributed by atoms with Crippen LogP contribution in [0.2, 0.25) is 19.6 Å². The Morgan fingerprint density at radius 3 is 1.50 bits per heavy atom. The van der Waals surface area contributed by atoms with E-state index < -0.39 is 8.24 Å². The minimum atomic E-state index is -1.33. The number of rotatable bonds is 1. The summed E-state index contributed by atoms with van der Waals surface area (Å²) in [4.78, 5) is 0. The van der Waals surface area contributed by atoms with Gasteiger partial charge in [0, 0.05) is 0 Å². The van der Waals surface area contributed by atoms with Crippen molar-refractivity contribution in [1.82, 2.24) is 5.15 Å². The molecular formula is C3H11NOSi. The Bertz CT molecular complexity index is 40.5. The molecule has 0 aromatic heterocycles. The van der Waals surface area contributed by atoms with Crippen LogP contribution in [0.25, 0.3) is 0 Å². The predicted molar refractivity (Wildman–Crippen MR) is 28.3 cm³/mol. The van der Waals surface area contributed by atoms with Crippen LogP contribution in [0.15, 0.2) is 0 Å². The van der Waals surface area contributed by atoms with Crippen molar-refractivity contribution in [2.45, 2.75) is 19.6 Å². The van der Waals surface area contributed by atoms with E-state index in [1.807, 2.05) is 19.6 Å². The van der Waals surface area contributed by atoms with E-state index in [2.05, 4.69) is 5.15 Å². The lowest BCUT2D eigenvalue weighted by molar-refractivity contribution is 0.237. The lowest BCUT2D eigenvalue weighted by Crippen LogP contribution is -2.38. The summed E-state index contributed by atoms with van der Waals surface area (Å²) in [5, 5.41) is 10.5. The van der Waals surface area contributed by atoms with E-state index in [1.54, 1.807) is 0 Å². The van der Waals surface area contributed by atoms with Crippen molar-refractivity contribution in [3.05, 3.63) is 0 Å². The molecule has 3 heteroatoms. The lowest BCUT2D eigenvalue weighted by atomic mass is 11.8. The fourth-order valence-electron chi connectivity index (χ4n) is 0. The van der Waals surface area contributed by atoms with Crippen molar-refractivity contribution in [2.24, 2.45) is 0 Å². The Hall–Kier alpha value is 0.137. The first-order chi connectivity index (χ1) is 2.56. The van der Waals surface area contributed by atoms with Gasteiger partial charge < -0.3 is 5.21 Å². The smallest absolute Gasteiger partial charge is 0.147 e. The van der Waals surface area contributed by atoms with Crippen molar-refractivity contribution < 1.29 is 5.21 Å². The number of hydrogen-bond acceptors (Lipinski definition) is 2. The molecule has 0 aromatic rings. The van der Waals surface area contributed by atoms with Crippen LogP contribution in [0.4, 0.5) is 0 Å². The maximum atomic E-state index is 8.21. The summed E-state index contributed by atoms with van der Waals surface area (Å²) in [6.07, 6.45) is 0. The molecule has 0 aliphatic heterocycles. The summed E-state index contributed by atoms with van der Waals surface area (Å²) >= 11 is 0. The minimum absolute atomic E-state index is 1.33. The van der Waals surface area contributed by atoms with Gasteiger partial charge in [-0.25, -0.2) is 5.15 Å². The van der Waals surface area contributed by atoms with Gasteiger partial charge in [0.2, 0.25) is 0 Å². The van der Waals surface area contributed by atoms with Gasteiger partial charge in [-0.3, -0.25) is 0 Å². The summed E-state index contributed by atoms with van der Waals surface area (Å²) in [6.45, 7) is 6.06. The second kappa shape index (κ2) is 1.73. The third-order valence-electron chi connectivity index (χ3n) is 0.335. The maximum absolute atomic E-state index is 8.21. The molecule has 0 aromatic carbocycles. The Labute approximate surface area is 39.2 Å². The molecule has 0 bridgehead atoms. The molecule has 2 nitrogen and oxygen atoms in total. The summed E-state index contributed by atoms with van der Waals surface area (Å²) < 4.78 is 0. The van der Waals surface area contributed by atoms with Crippen LogP contribution < -0.4 is 5.15 Å². The molecule has 0 amide bonds. The number of nitrogens with one attached hydrogen (secondary N) is 1. The van der Waals surface area contributed by atoms with Gasteiger partial charge in [-0.2, -0.15) is 0 Å². The van der Waals surface area contributed by atoms with E-state index in [1.165, 1.54) is 0 Å². The van der Waals surface area contributed by atoms with Crippen molar-refractivity contribution in [3.8, 4) is 0 Å². The standard InChI is InChI=1S/C3H11NOSi/c1-6(2,3)4-5/h4-5H,1-3H3. The molecule has 0 radical (unpaired) electrons. The van der Waals surface area contributed by atoms with Gasteiger partial charge in [-0.05, 0) is 0 Å². The highest BCUT2D eigenvalue weighted by Gasteiger charge is 2.08. The SMILES string of the molecule is C[Si](C)(C)NO. The minimum Gasteiger partial charge on any atom is -0.324 e. The van der Waals surface area contributed by atoms with Crippen LogP contribution in [0.5, 0.6) is 0 Å². The van der Waals surface area contributed by atoms with Crippen LogP contribution >= 0.6 is 0 Å². The fourth-order valence-corrected chi connectivity index (χ4v) is 0. The maximum Gasteiger partial charge on any atom is 0.147 e. The zero-order valence-corrected chi connectivity index (χ0v) is 5.45. The van der Waals surface area contributed by atoms with E-state index >= 15 is 0 Å². The summed E-state index contributed by atoms with van der Waals surface area (Å²) in [7, 11) is -1.33. The zero-order valence-electron chi connectivity index (χ0n) is 4.45. The second-order valence-electron chi connectivity index (χ2n) is 2.36. The Kier molecular flexibility index (Phi) is 1.77. The monoisotopic (exact) mass is 105 g/mol. The molecule has 0 aliphatic carbocycles. The number of hydrogen-bond donors (Lipinski definition) is 2. The molecule has 0 rings (SSSR count). The molecule has 6 heavy (non-hydrogen) atoms. The van der Waals surface area contributed by atoms with Crippen LogP contribution in [0.1, 0.15) is 0 Å². The van der Waals surface area contributed by atoms with Crippen molar-refractivity contribution in [2.75, 3.05) is 0 Å². The van der Waals surface area contributed by atoms with E-state index in [9.17, 15) is 0 Å². The average molecular weight is 105 g/mol. The van der Waals surface area contributed by atoms with E-state index in [0.29, 0.717) is 0 Å². The molecule has 0 unspecified atom stereocenters. The Balaban J connectivity index is 3.17. The van der Waals surface area contributed by atoms with Gasteiger partial charge in [-0.1, -0.05) is 19.6 Å². The largest absolute Gasteiger partial charge is 0.324 e. The molecule has 0 atom stereocenters. The van der Waals surface area contributed by atoms with Gasteiger partial charge >= 0.3 is 0 Å². The van der Waals surface area contributed by atoms with Crippen molar-refractivity contribution in [3.63, 3.8) is 0 Å². The molecule has 38 valence electrons. The summed E-state index contributed by atoms with van der Waals surface area (Å²) in [6, 6.07) is 0. The van der Waals surface area contributed by atoms with Gasteiger partial charge in [0.15, 0.2) is 0 Å². The second-order valence-corrected chi connectivity index (χ2v) is 7.09. The van der Waals surface area contributed by atoms with Crippen LogP contribution in [-0.4, -0.2) is 13.4 Å². The van der Waals surface area contributed by atoms with Crippen LogP contribution in [0, 0.1) is 0 Å². The molecule has 2 N–H and O–H groups in total. The molecule has 0 fully saturated rings. The highest BCUT2D eigenvalue weighted by molar-refractivity contribution is 6.73. The molecule has 0 heterocycles. The van der Waals surface area contributed by atoms with Gasteiger partial charge in [0.1, 0.15) is 8.24 Å². The molecule has 0 aliphatic rings. The third kappa shape index (κ3) is 4.14. The van der Waals surface area contributed by atoms with Crippen LogP contribution in [0.3, 0.4) is 0 Å². The third-order valence-corrected chi connectivity index (χ3v) is 1.01. The normalized spacial score (nSPS) is 12.0. The molecule has 0 saturated carbocycles. The predicted octanol–water partition coefficient (Wildman–Crippen LogP) is 0.800. The highest BCUT2D eigenvalue weighted by atomic mass is 28.3. The topological polar surface area (TPSA) is 32.3 Å². The first-order valence-corrected chi connectivity index (χ1v) is 5.47. The summed E-state index contributed by atoms with van der Waals surface area (Å²) in [5.74, 6) is 0. The highest BCUT2D eigenvalue weighted by Crippen LogP contribution is 1.89.